The number of para-hydroxylation sites is 2. The summed E-state index contributed by atoms with van der Waals surface area (Å²) < 4.78 is 5.17. The molecule has 0 aromatic heterocycles. The van der Waals surface area contributed by atoms with Gasteiger partial charge in [0.05, 0.1) is 17.7 Å². The lowest BCUT2D eigenvalue weighted by molar-refractivity contribution is -0.383. The summed E-state index contributed by atoms with van der Waals surface area (Å²) >= 11 is 0. The number of carbonyl (C=O) groups excluding carboxylic acids is 1. The van der Waals surface area contributed by atoms with Gasteiger partial charge in [0.2, 0.25) is 5.91 Å². The average Bonchev–Trinajstić information content (AvgIpc) is 2.47. The van der Waals surface area contributed by atoms with Gasteiger partial charge in [-0.05, 0) is 24.3 Å². The molecule has 0 aliphatic rings. The normalized spacial score (nSPS) is 9.95. The number of nitrogens with zero attached hydrogens (tertiary/aromatic N) is 1. The molecule has 21 heavy (non-hydrogen) atoms. The second-order valence-corrected chi connectivity index (χ2v) is 4.18. The monoisotopic (exact) mass is 287 g/mol. The molecule has 7 heteroatoms. The van der Waals surface area contributed by atoms with Crippen molar-refractivity contribution in [2.24, 2.45) is 5.73 Å². The number of rotatable bonds is 5. The highest BCUT2D eigenvalue weighted by Crippen LogP contribution is 2.32. The van der Waals surface area contributed by atoms with Gasteiger partial charge in [0, 0.05) is 11.6 Å². The number of nitrogens with two attached hydrogens (primary N) is 1. The van der Waals surface area contributed by atoms with Crippen molar-refractivity contribution in [2.45, 2.75) is 0 Å². The van der Waals surface area contributed by atoms with Gasteiger partial charge in [-0.15, -0.1) is 0 Å². The highest BCUT2D eigenvalue weighted by molar-refractivity contribution is 5.94. The SMILES string of the molecule is COc1ccccc1Nc1ccc(C(N)=O)cc1[N+](=O)[O-]. The van der Waals surface area contributed by atoms with Crippen molar-refractivity contribution < 1.29 is 14.5 Å². The molecule has 3 N–H and O–H groups in total. The first-order chi connectivity index (χ1) is 10.0. The third-order valence-electron chi connectivity index (χ3n) is 2.86. The maximum Gasteiger partial charge on any atom is 0.293 e. The number of anilines is 2. The smallest absolute Gasteiger partial charge is 0.293 e. The average molecular weight is 287 g/mol. The standard InChI is InChI=1S/C14H13N3O4/c1-21-13-5-3-2-4-11(13)16-10-7-6-9(14(15)18)8-12(10)17(19)20/h2-8,16H,1H3,(H2,15,18). The zero-order chi connectivity index (χ0) is 15.4. The Balaban J connectivity index is 2.44. The van der Waals surface area contributed by atoms with Crippen LogP contribution in [0.4, 0.5) is 17.1 Å². The van der Waals surface area contributed by atoms with E-state index in [-0.39, 0.29) is 16.9 Å². The Morgan fingerprint density at radius 2 is 1.95 bits per heavy atom. The number of amides is 1. The lowest BCUT2D eigenvalue weighted by atomic mass is 10.1. The second kappa shape index (κ2) is 5.91. The number of nitrogens with one attached hydrogen (secondary N) is 1. The van der Waals surface area contributed by atoms with E-state index in [1.54, 1.807) is 24.3 Å². The van der Waals surface area contributed by atoms with Gasteiger partial charge in [0.25, 0.3) is 5.69 Å². The van der Waals surface area contributed by atoms with Crippen molar-refractivity contribution in [2.75, 3.05) is 12.4 Å². The number of ether oxygens (including phenoxy) is 1. The molecule has 108 valence electrons. The molecule has 2 aromatic carbocycles. The van der Waals surface area contributed by atoms with Crippen LogP contribution in [-0.4, -0.2) is 17.9 Å². The Labute approximate surface area is 120 Å². The van der Waals surface area contributed by atoms with Crippen LogP contribution in [0.3, 0.4) is 0 Å². The van der Waals surface area contributed by atoms with Crippen molar-refractivity contribution in [3.8, 4) is 5.75 Å². The van der Waals surface area contributed by atoms with E-state index in [9.17, 15) is 14.9 Å². The number of nitro benzene ring substituents is 1. The fraction of sp³-hybridized carbons (Fsp3) is 0.0714. The largest absolute Gasteiger partial charge is 0.495 e. The van der Waals surface area contributed by atoms with Crippen molar-refractivity contribution in [1.82, 2.24) is 0 Å². The highest BCUT2D eigenvalue weighted by atomic mass is 16.6. The van der Waals surface area contributed by atoms with Crippen LogP contribution in [0.15, 0.2) is 42.5 Å². The van der Waals surface area contributed by atoms with E-state index in [0.29, 0.717) is 11.4 Å². The molecule has 0 radical (unpaired) electrons. The third-order valence-corrected chi connectivity index (χ3v) is 2.86. The molecule has 0 spiro atoms. The van der Waals surface area contributed by atoms with E-state index in [0.717, 1.165) is 6.07 Å². The molecule has 0 atom stereocenters. The summed E-state index contributed by atoms with van der Waals surface area (Å²) in [6.45, 7) is 0. The second-order valence-electron chi connectivity index (χ2n) is 4.18. The number of hydrogen-bond acceptors (Lipinski definition) is 5. The zero-order valence-corrected chi connectivity index (χ0v) is 11.2. The summed E-state index contributed by atoms with van der Waals surface area (Å²) in [7, 11) is 1.51. The van der Waals surface area contributed by atoms with Crippen LogP contribution >= 0.6 is 0 Å². The summed E-state index contributed by atoms with van der Waals surface area (Å²) in [6.07, 6.45) is 0. The van der Waals surface area contributed by atoms with Gasteiger partial charge in [0.15, 0.2) is 0 Å². The Hall–Kier alpha value is -3.09. The van der Waals surface area contributed by atoms with E-state index in [2.05, 4.69) is 5.32 Å². The summed E-state index contributed by atoms with van der Waals surface area (Å²) in [5.41, 5.74) is 5.79. The first-order valence-corrected chi connectivity index (χ1v) is 6.01. The lowest BCUT2D eigenvalue weighted by Gasteiger charge is -2.11. The van der Waals surface area contributed by atoms with E-state index < -0.39 is 10.8 Å². The predicted molar refractivity (Wildman–Crippen MR) is 77.9 cm³/mol. The van der Waals surface area contributed by atoms with Crippen LogP contribution in [0.2, 0.25) is 0 Å². The molecule has 0 saturated heterocycles. The Morgan fingerprint density at radius 1 is 1.24 bits per heavy atom. The predicted octanol–water partition coefficient (Wildman–Crippen LogP) is 2.45. The molecule has 1 amide bonds. The molecule has 0 heterocycles. The maximum absolute atomic E-state index is 11.1. The minimum Gasteiger partial charge on any atom is -0.495 e. The summed E-state index contributed by atoms with van der Waals surface area (Å²) in [5.74, 6) is -0.173. The van der Waals surface area contributed by atoms with Gasteiger partial charge in [-0.1, -0.05) is 12.1 Å². The van der Waals surface area contributed by atoms with E-state index in [1.807, 2.05) is 0 Å². The van der Waals surface area contributed by atoms with Gasteiger partial charge in [-0.25, -0.2) is 0 Å². The van der Waals surface area contributed by atoms with E-state index in [4.69, 9.17) is 10.5 Å². The molecule has 2 aromatic rings. The summed E-state index contributed by atoms with van der Waals surface area (Å²) in [6, 6.07) is 11.0. The van der Waals surface area contributed by atoms with Crippen LogP contribution in [0, 0.1) is 10.1 Å². The number of carbonyl (C=O) groups is 1. The van der Waals surface area contributed by atoms with E-state index in [1.165, 1.54) is 19.2 Å². The van der Waals surface area contributed by atoms with Crippen LogP contribution in [0.25, 0.3) is 0 Å². The van der Waals surface area contributed by atoms with Crippen LogP contribution < -0.4 is 15.8 Å². The van der Waals surface area contributed by atoms with Crippen molar-refractivity contribution in [1.29, 1.82) is 0 Å². The zero-order valence-electron chi connectivity index (χ0n) is 11.2. The minimum atomic E-state index is -0.720. The molecule has 0 unspecified atom stereocenters. The lowest BCUT2D eigenvalue weighted by Crippen LogP contribution is -2.11. The maximum atomic E-state index is 11.1. The van der Waals surface area contributed by atoms with Gasteiger partial charge in [-0.2, -0.15) is 0 Å². The molecule has 0 fully saturated rings. The summed E-state index contributed by atoms with van der Waals surface area (Å²) in [5, 5.41) is 14.0. The molecule has 2 rings (SSSR count). The first-order valence-electron chi connectivity index (χ1n) is 6.01. The van der Waals surface area contributed by atoms with Crippen molar-refractivity contribution >= 4 is 23.0 Å². The van der Waals surface area contributed by atoms with Gasteiger partial charge in [0.1, 0.15) is 11.4 Å². The molecule has 7 nitrogen and oxygen atoms in total. The Bertz CT molecular complexity index is 700. The Kier molecular flexibility index (Phi) is 4.03. The van der Waals surface area contributed by atoms with Crippen LogP contribution in [0.5, 0.6) is 5.75 Å². The van der Waals surface area contributed by atoms with Crippen LogP contribution in [0.1, 0.15) is 10.4 Å². The minimum absolute atomic E-state index is 0.0762. The topological polar surface area (TPSA) is 107 Å². The quantitative estimate of drug-likeness (QED) is 0.648. The van der Waals surface area contributed by atoms with Gasteiger partial charge < -0.3 is 15.8 Å². The van der Waals surface area contributed by atoms with E-state index >= 15 is 0 Å². The van der Waals surface area contributed by atoms with Crippen molar-refractivity contribution in [3.63, 3.8) is 0 Å². The molecular weight excluding hydrogens is 274 g/mol. The van der Waals surface area contributed by atoms with Crippen molar-refractivity contribution in [3.05, 3.63) is 58.1 Å². The van der Waals surface area contributed by atoms with Gasteiger partial charge in [-0.3, -0.25) is 14.9 Å². The molecule has 0 aliphatic heterocycles. The summed E-state index contributed by atoms with van der Waals surface area (Å²) in [4.78, 5) is 21.6. The number of benzene rings is 2. The Morgan fingerprint density at radius 3 is 2.57 bits per heavy atom. The first kappa shape index (κ1) is 14.3. The molecule has 0 saturated carbocycles. The molecule has 0 aliphatic carbocycles. The number of methoxy groups -OCH3 is 1. The highest BCUT2D eigenvalue weighted by Gasteiger charge is 2.17. The van der Waals surface area contributed by atoms with Gasteiger partial charge >= 0.3 is 0 Å². The third kappa shape index (κ3) is 3.08. The fourth-order valence-corrected chi connectivity index (χ4v) is 1.83. The fourth-order valence-electron chi connectivity index (χ4n) is 1.83. The number of nitro groups is 1. The van der Waals surface area contributed by atoms with Crippen LogP contribution in [-0.2, 0) is 0 Å². The molecule has 0 bridgehead atoms. The molecular formula is C14H13N3O4. The number of hydrogen-bond donors (Lipinski definition) is 2. The number of primary amides is 1.